The number of carbonyl (C=O) groups excluding carboxylic acids is 1. The Kier molecular flexibility index (Phi) is 4.64. The predicted octanol–water partition coefficient (Wildman–Crippen LogP) is 4.09. The summed E-state index contributed by atoms with van der Waals surface area (Å²) in [5.41, 5.74) is 2.70. The van der Waals surface area contributed by atoms with Gasteiger partial charge in [-0.15, -0.1) is 0 Å². The molecule has 0 saturated heterocycles. The Morgan fingerprint density at radius 1 is 1.15 bits per heavy atom. The van der Waals surface area contributed by atoms with Gasteiger partial charge in [0, 0.05) is 16.4 Å². The molecule has 1 unspecified atom stereocenters. The quantitative estimate of drug-likeness (QED) is 0.890. The Morgan fingerprint density at radius 2 is 1.85 bits per heavy atom. The number of hydrogen-bond donors (Lipinski definition) is 2. The molecule has 104 valence electrons. The van der Waals surface area contributed by atoms with Crippen LogP contribution >= 0.6 is 11.6 Å². The summed E-state index contributed by atoms with van der Waals surface area (Å²) in [6.45, 7) is 3.79. The van der Waals surface area contributed by atoms with Gasteiger partial charge in [0.15, 0.2) is 0 Å². The number of carbonyl (C=O) groups is 1. The lowest BCUT2D eigenvalue weighted by Crippen LogP contribution is -2.32. The van der Waals surface area contributed by atoms with Crippen molar-refractivity contribution < 1.29 is 4.79 Å². The summed E-state index contributed by atoms with van der Waals surface area (Å²) in [5.74, 6) is -0.0874. The number of nitrogens with one attached hydrogen (secondary N) is 2. The minimum atomic E-state index is -0.354. The van der Waals surface area contributed by atoms with Crippen molar-refractivity contribution in [2.24, 2.45) is 0 Å². The maximum absolute atomic E-state index is 12.1. The molecule has 0 aromatic heterocycles. The van der Waals surface area contributed by atoms with Gasteiger partial charge in [-0.1, -0.05) is 35.9 Å². The number of aryl methyl sites for hydroxylation is 1. The molecule has 0 aliphatic heterocycles. The summed E-state index contributed by atoms with van der Waals surface area (Å²) in [7, 11) is 0. The molecular formula is C16H17ClN2O. The van der Waals surface area contributed by atoms with E-state index in [0.29, 0.717) is 5.02 Å². The molecule has 0 radical (unpaired) electrons. The van der Waals surface area contributed by atoms with Crippen LogP contribution in [0, 0.1) is 6.92 Å². The molecule has 0 heterocycles. The van der Waals surface area contributed by atoms with E-state index in [1.54, 1.807) is 0 Å². The molecule has 2 aromatic rings. The summed E-state index contributed by atoms with van der Waals surface area (Å²) >= 11 is 5.97. The maximum atomic E-state index is 12.1. The second-order valence-corrected chi connectivity index (χ2v) is 5.12. The number of para-hydroxylation sites is 1. The first-order valence-electron chi connectivity index (χ1n) is 6.45. The monoisotopic (exact) mass is 288 g/mol. The van der Waals surface area contributed by atoms with Gasteiger partial charge in [0.05, 0.1) is 0 Å². The van der Waals surface area contributed by atoms with Gasteiger partial charge in [-0.3, -0.25) is 4.79 Å². The SMILES string of the molecule is Cc1ccc(Cl)cc1NC(C)C(=O)Nc1ccccc1. The molecule has 0 fully saturated rings. The minimum Gasteiger partial charge on any atom is -0.374 e. The first-order chi connectivity index (χ1) is 9.56. The van der Waals surface area contributed by atoms with Gasteiger partial charge in [-0.05, 0) is 43.7 Å². The van der Waals surface area contributed by atoms with Gasteiger partial charge in [-0.25, -0.2) is 0 Å². The summed E-state index contributed by atoms with van der Waals surface area (Å²) in [5, 5.41) is 6.68. The molecule has 0 aliphatic rings. The van der Waals surface area contributed by atoms with Crippen LogP contribution < -0.4 is 10.6 Å². The van der Waals surface area contributed by atoms with E-state index in [4.69, 9.17) is 11.6 Å². The van der Waals surface area contributed by atoms with E-state index >= 15 is 0 Å². The number of rotatable bonds is 4. The fourth-order valence-electron chi connectivity index (χ4n) is 1.82. The molecule has 0 aliphatic carbocycles. The van der Waals surface area contributed by atoms with Crippen molar-refractivity contribution in [1.29, 1.82) is 0 Å². The van der Waals surface area contributed by atoms with Crippen LogP contribution in [0.1, 0.15) is 12.5 Å². The van der Waals surface area contributed by atoms with E-state index < -0.39 is 0 Å². The van der Waals surface area contributed by atoms with Gasteiger partial charge in [0.1, 0.15) is 6.04 Å². The lowest BCUT2D eigenvalue weighted by molar-refractivity contribution is -0.116. The molecule has 0 saturated carbocycles. The Balaban J connectivity index is 2.02. The summed E-state index contributed by atoms with van der Waals surface area (Å²) in [6.07, 6.45) is 0. The van der Waals surface area contributed by atoms with Crippen molar-refractivity contribution in [2.75, 3.05) is 10.6 Å². The molecule has 2 N–H and O–H groups in total. The molecule has 2 aromatic carbocycles. The molecule has 1 atom stereocenters. The standard InChI is InChI=1S/C16H17ClN2O/c1-11-8-9-13(17)10-15(11)18-12(2)16(20)19-14-6-4-3-5-7-14/h3-10,12,18H,1-2H3,(H,19,20). The van der Waals surface area contributed by atoms with Gasteiger partial charge in [0.25, 0.3) is 0 Å². The lowest BCUT2D eigenvalue weighted by Gasteiger charge is -2.17. The van der Waals surface area contributed by atoms with Crippen LogP contribution in [0.25, 0.3) is 0 Å². The van der Waals surface area contributed by atoms with E-state index in [1.807, 2.05) is 62.4 Å². The highest BCUT2D eigenvalue weighted by atomic mass is 35.5. The highest BCUT2D eigenvalue weighted by molar-refractivity contribution is 6.30. The predicted molar refractivity (Wildman–Crippen MR) is 84.3 cm³/mol. The van der Waals surface area contributed by atoms with E-state index in [1.165, 1.54) is 0 Å². The zero-order valence-electron chi connectivity index (χ0n) is 11.5. The Labute approximate surface area is 124 Å². The van der Waals surface area contributed by atoms with Gasteiger partial charge < -0.3 is 10.6 Å². The zero-order valence-corrected chi connectivity index (χ0v) is 12.2. The van der Waals surface area contributed by atoms with Crippen LogP contribution in [0.15, 0.2) is 48.5 Å². The molecule has 20 heavy (non-hydrogen) atoms. The maximum Gasteiger partial charge on any atom is 0.246 e. The largest absolute Gasteiger partial charge is 0.374 e. The second kappa shape index (κ2) is 6.44. The lowest BCUT2D eigenvalue weighted by atomic mass is 10.2. The molecule has 1 amide bonds. The fourth-order valence-corrected chi connectivity index (χ4v) is 1.99. The van der Waals surface area contributed by atoms with E-state index in [0.717, 1.165) is 16.9 Å². The molecule has 3 nitrogen and oxygen atoms in total. The fraction of sp³-hybridized carbons (Fsp3) is 0.188. The average Bonchev–Trinajstić information content (AvgIpc) is 2.44. The Hall–Kier alpha value is -2.00. The summed E-state index contributed by atoms with van der Waals surface area (Å²) in [4.78, 5) is 12.1. The van der Waals surface area contributed by atoms with Gasteiger partial charge in [-0.2, -0.15) is 0 Å². The highest BCUT2D eigenvalue weighted by Crippen LogP contribution is 2.21. The third-order valence-corrected chi connectivity index (χ3v) is 3.24. The third-order valence-electron chi connectivity index (χ3n) is 3.01. The summed E-state index contributed by atoms with van der Waals surface area (Å²) in [6, 6.07) is 14.6. The van der Waals surface area contributed by atoms with Crippen LogP contribution in [0.3, 0.4) is 0 Å². The number of hydrogen-bond acceptors (Lipinski definition) is 2. The first kappa shape index (κ1) is 14.4. The molecular weight excluding hydrogens is 272 g/mol. The average molecular weight is 289 g/mol. The second-order valence-electron chi connectivity index (χ2n) is 4.68. The normalized spacial score (nSPS) is 11.8. The smallest absolute Gasteiger partial charge is 0.246 e. The van der Waals surface area contributed by atoms with Crippen LogP contribution in [-0.4, -0.2) is 11.9 Å². The number of amides is 1. The molecule has 2 rings (SSSR count). The van der Waals surface area contributed by atoms with Gasteiger partial charge in [0.2, 0.25) is 5.91 Å². The summed E-state index contributed by atoms with van der Waals surface area (Å²) < 4.78 is 0. The molecule has 4 heteroatoms. The van der Waals surface area contributed by atoms with Crippen LogP contribution in [0.2, 0.25) is 5.02 Å². The Bertz CT molecular complexity index is 599. The number of anilines is 2. The number of halogens is 1. The highest BCUT2D eigenvalue weighted by Gasteiger charge is 2.13. The van der Waals surface area contributed by atoms with Crippen LogP contribution in [-0.2, 0) is 4.79 Å². The first-order valence-corrected chi connectivity index (χ1v) is 6.82. The Morgan fingerprint density at radius 3 is 2.55 bits per heavy atom. The van der Waals surface area contributed by atoms with E-state index in [-0.39, 0.29) is 11.9 Å². The van der Waals surface area contributed by atoms with Crippen molar-refractivity contribution in [2.45, 2.75) is 19.9 Å². The van der Waals surface area contributed by atoms with Crippen molar-refractivity contribution in [3.05, 3.63) is 59.1 Å². The number of benzene rings is 2. The zero-order chi connectivity index (χ0) is 14.5. The molecule has 0 bridgehead atoms. The van der Waals surface area contributed by atoms with E-state index in [9.17, 15) is 4.79 Å². The van der Waals surface area contributed by atoms with Crippen molar-refractivity contribution in [3.8, 4) is 0 Å². The minimum absolute atomic E-state index is 0.0874. The topological polar surface area (TPSA) is 41.1 Å². The van der Waals surface area contributed by atoms with Crippen molar-refractivity contribution in [3.63, 3.8) is 0 Å². The van der Waals surface area contributed by atoms with Crippen LogP contribution in [0.5, 0.6) is 0 Å². The van der Waals surface area contributed by atoms with Crippen molar-refractivity contribution >= 4 is 28.9 Å². The van der Waals surface area contributed by atoms with Gasteiger partial charge >= 0.3 is 0 Å². The third kappa shape index (κ3) is 3.75. The van der Waals surface area contributed by atoms with Crippen molar-refractivity contribution in [1.82, 2.24) is 0 Å². The molecule has 0 spiro atoms. The van der Waals surface area contributed by atoms with E-state index in [2.05, 4.69) is 10.6 Å². The van der Waals surface area contributed by atoms with Crippen LogP contribution in [0.4, 0.5) is 11.4 Å².